The zero-order valence-corrected chi connectivity index (χ0v) is 19.5. The van der Waals surface area contributed by atoms with Crippen molar-refractivity contribution in [2.45, 2.75) is 38.5 Å². The fourth-order valence-corrected chi connectivity index (χ4v) is 4.64. The number of ether oxygens (including phenoxy) is 2. The van der Waals surface area contributed by atoms with E-state index in [1.165, 1.54) is 6.07 Å². The van der Waals surface area contributed by atoms with Gasteiger partial charge in [-0.05, 0) is 85.4 Å². The lowest BCUT2D eigenvalue weighted by Gasteiger charge is -2.27. The van der Waals surface area contributed by atoms with Crippen molar-refractivity contribution >= 4 is 6.08 Å². The summed E-state index contributed by atoms with van der Waals surface area (Å²) in [6.07, 6.45) is 7.34. The lowest BCUT2D eigenvalue weighted by molar-refractivity contribution is 0.321. The van der Waals surface area contributed by atoms with Gasteiger partial charge in [-0.25, -0.2) is 13.2 Å². The molecule has 0 bridgehead atoms. The molecule has 1 aliphatic carbocycles. The highest BCUT2D eigenvalue weighted by Crippen LogP contribution is 2.39. The van der Waals surface area contributed by atoms with Gasteiger partial charge in [-0.3, -0.25) is 0 Å². The second-order valence-corrected chi connectivity index (χ2v) is 8.65. The fraction of sp³-hybridized carbons (Fsp3) is 0.310. The van der Waals surface area contributed by atoms with E-state index in [0.717, 1.165) is 31.2 Å². The van der Waals surface area contributed by atoms with Crippen LogP contribution in [-0.4, -0.2) is 13.7 Å². The van der Waals surface area contributed by atoms with Gasteiger partial charge in [0.25, 0.3) is 0 Å². The van der Waals surface area contributed by atoms with Gasteiger partial charge in [0.2, 0.25) is 0 Å². The molecule has 0 N–H and O–H groups in total. The molecule has 0 saturated heterocycles. The van der Waals surface area contributed by atoms with E-state index in [0.29, 0.717) is 29.4 Å². The molecule has 0 unspecified atom stereocenters. The third kappa shape index (κ3) is 5.30. The smallest absolute Gasteiger partial charge is 0.166 e. The molecule has 178 valence electrons. The van der Waals surface area contributed by atoms with Crippen molar-refractivity contribution < 1.29 is 22.6 Å². The number of allylic oxidation sites excluding steroid dienone is 1. The van der Waals surface area contributed by atoms with Crippen LogP contribution >= 0.6 is 0 Å². The Morgan fingerprint density at radius 2 is 1.62 bits per heavy atom. The van der Waals surface area contributed by atoms with Crippen LogP contribution in [0.25, 0.3) is 17.2 Å². The first-order chi connectivity index (χ1) is 16.5. The Morgan fingerprint density at radius 1 is 0.882 bits per heavy atom. The van der Waals surface area contributed by atoms with Crippen molar-refractivity contribution in [2.24, 2.45) is 5.92 Å². The van der Waals surface area contributed by atoms with Crippen LogP contribution in [0.1, 0.15) is 49.7 Å². The fourth-order valence-electron chi connectivity index (χ4n) is 4.64. The quantitative estimate of drug-likeness (QED) is 0.350. The summed E-state index contributed by atoms with van der Waals surface area (Å²) in [6.45, 7) is 2.24. The normalized spacial score (nSPS) is 18.3. The summed E-state index contributed by atoms with van der Waals surface area (Å²) in [4.78, 5) is 0. The number of hydrogen-bond donors (Lipinski definition) is 0. The molecule has 2 nitrogen and oxygen atoms in total. The summed E-state index contributed by atoms with van der Waals surface area (Å²) in [5, 5.41) is 0. The maximum absolute atomic E-state index is 15.0. The first-order valence-corrected chi connectivity index (χ1v) is 11.7. The monoisotopic (exact) mass is 466 g/mol. The third-order valence-corrected chi connectivity index (χ3v) is 6.54. The molecule has 34 heavy (non-hydrogen) atoms. The number of hydrogen-bond acceptors (Lipinski definition) is 2. The lowest BCUT2D eigenvalue weighted by Crippen LogP contribution is -2.13. The predicted octanol–water partition coefficient (Wildman–Crippen LogP) is 8.17. The van der Waals surface area contributed by atoms with Crippen LogP contribution < -0.4 is 9.47 Å². The van der Waals surface area contributed by atoms with Crippen LogP contribution in [0.5, 0.6) is 11.5 Å². The first-order valence-electron chi connectivity index (χ1n) is 11.7. The van der Waals surface area contributed by atoms with Crippen molar-refractivity contribution in [1.29, 1.82) is 0 Å². The minimum absolute atomic E-state index is 0.00742. The molecule has 0 aliphatic heterocycles. The Kier molecular flexibility index (Phi) is 7.61. The summed E-state index contributed by atoms with van der Waals surface area (Å²) >= 11 is 0. The van der Waals surface area contributed by atoms with Gasteiger partial charge < -0.3 is 9.47 Å². The number of benzene rings is 3. The second-order valence-electron chi connectivity index (χ2n) is 8.65. The van der Waals surface area contributed by atoms with Crippen LogP contribution in [0.3, 0.4) is 0 Å². The highest BCUT2D eigenvalue weighted by atomic mass is 19.2. The lowest BCUT2D eigenvalue weighted by atomic mass is 9.78. The first kappa shape index (κ1) is 23.9. The summed E-state index contributed by atoms with van der Waals surface area (Å²) in [6, 6.07) is 15.3. The van der Waals surface area contributed by atoms with E-state index in [-0.39, 0.29) is 23.0 Å². The molecular formula is C29H29F3O2. The number of halogens is 3. The number of methoxy groups -OCH3 is 1. The summed E-state index contributed by atoms with van der Waals surface area (Å²) in [7, 11) is 1.56. The highest BCUT2D eigenvalue weighted by Gasteiger charge is 2.25. The van der Waals surface area contributed by atoms with Gasteiger partial charge in [0, 0.05) is 5.56 Å². The molecule has 1 aliphatic rings. The summed E-state index contributed by atoms with van der Waals surface area (Å²) in [5.74, 6) is -0.681. The SMILES string of the molecule is CCOc1ccc(/C=C/C2CCC(c3ccc(-c4ccc(OC)cc4)c(F)c3F)CC2)cc1F. The molecular weight excluding hydrogens is 437 g/mol. The maximum atomic E-state index is 15.0. The van der Waals surface area contributed by atoms with E-state index in [1.54, 1.807) is 49.6 Å². The topological polar surface area (TPSA) is 18.5 Å². The van der Waals surface area contributed by atoms with E-state index < -0.39 is 11.6 Å². The van der Waals surface area contributed by atoms with Crippen molar-refractivity contribution in [2.75, 3.05) is 13.7 Å². The second kappa shape index (κ2) is 10.8. The Bertz CT molecular complexity index is 1150. The Balaban J connectivity index is 1.40. The minimum Gasteiger partial charge on any atom is -0.497 e. The number of rotatable bonds is 7. The van der Waals surface area contributed by atoms with Crippen molar-refractivity contribution in [1.82, 2.24) is 0 Å². The average molecular weight is 467 g/mol. The molecule has 3 aromatic carbocycles. The third-order valence-electron chi connectivity index (χ3n) is 6.54. The van der Waals surface area contributed by atoms with Gasteiger partial charge in [-0.2, -0.15) is 0 Å². The van der Waals surface area contributed by atoms with Gasteiger partial charge in [0.15, 0.2) is 23.2 Å². The van der Waals surface area contributed by atoms with Crippen LogP contribution in [0, 0.1) is 23.4 Å². The van der Waals surface area contributed by atoms with Crippen molar-refractivity contribution in [3.63, 3.8) is 0 Å². The van der Waals surface area contributed by atoms with Crippen LogP contribution in [0.15, 0.2) is 60.7 Å². The van der Waals surface area contributed by atoms with Gasteiger partial charge in [0.1, 0.15) is 5.75 Å². The maximum Gasteiger partial charge on any atom is 0.166 e. The van der Waals surface area contributed by atoms with Crippen molar-refractivity contribution in [3.05, 3.63) is 89.3 Å². The molecule has 0 amide bonds. The van der Waals surface area contributed by atoms with Crippen LogP contribution in [0.2, 0.25) is 0 Å². The van der Waals surface area contributed by atoms with E-state index in [9.17, 15) is 8.78 Å². The molecule has 5 heteroatoms. The summed E-state index contributed by atoms with van der Waals surface area (Å²) in [5.41, 5.74) is 2.10. The largest absolute Gasteiger partial charge is 0.497 e. The zero-order valence-electron chi connectivity index (χ0n) is 19.5. The van der Waals surface area contributed by atoms with Crippen LogP contribution in [-0.2, 0) is 0 Å². The molecule has 0 spiro atoms. The standard InChI is InChI=1S/C29H29F3O2/c1-3-34-27-17-8-20(18-26(27)30)5-4-19-6-9-21(10-7-19)24-15-16-25(29(32)28(24)31)22-11-13-23(33-2)14-12-22/h4-5,8,11-19,21H,3,6-7,9-10H2,1-2H3/b5-4+. The molecule has 4 rings (SSSR count). The highest BCUT2D eigenvalue weighted by molar-refractivity contribution is 5.65. The van der Waals surface area contributed by atoms with E-state index in [4.69, 9.17) is 9.47 Å². The van der Waals surface area contributed by atoms with E-state index >= 15 is 4.39 Å². The predicted molar refractivity (Wildman–Crippen MR) is 130 cm³/mol. The Hall–Kier alpha value is -3.21. The van der Waals surface area contributed by atoms with E-state index in [1.807, 2.05) is 19.1 Å². The zero-order chi connectivity index (χ0) is 24.1. The average Bonchev–Trinajstić information content (AvgIpc) is 2.86. The van der Waals surface area contributed by atoms with Gasteiger partial charge in [-0.15, -0.1) is 0 Å². The van der Waals surface area contributed by atoms with Gasteiger partial charge in [-0.1, -0.05) is 42.5 Å². The van der Waals surface area contributed by atoms with Gasteiger partial charge >= 0.3 is 0 Å². The molecule has 0 atom stereocenters. The molecule has 3 aromatic rings. The molecule has 0 radical (unpaired) electrons. The molecule has 1 fully saturated rings. The Morgan fingerprint density at radius 3 is 2.26 bits per heavy atom. The van der Waals surface area contributed by atoms with Crippen LogP contribution in [0.4, 0.5) is 13.2 Å². The van der Waals surface area contributed by atoms with Gasteiger partial charge in [0.05, 0.1) is 13.7 Å². The van der Waals surface area contributed by atoms with Crippen molar-refractivity contribution in [3.8, 4) is 22.6 Å². The molecule has 1 saturated carbocycles. The molecule has 0 aromatic heterocycles. The minimum atomic E-state index is -0.804. The summed E-state index contributed by atoms with van der Waals surface area (Å²) < 4.78 is 54.4. The molecule has 0 heterocycles. The van der Waals surface area contributed by atoms with E-state index in [2.05, 4.69) is 6.08 Å². The Labute approximate surface area is 199 Å².